The predicted molar refractivity (Wildman–Crippen MR) is 239 cm³/mol. The van der Waals surface area contributed by atoms with Crippen molar-refractivity contribution in [1.29, 1.82) is 0 Å². The molecule has 0 N–H and O–H groups in total. The van der Waals surface area contributed by atoms with E-state index >= 15 is 0 Å². The van der Waals surface area contributed by atoms with Crippen LogP contribution in [-0.2, 0) is 0 Å². The first-order chi connectivity index (χ1) is 28.3. The predicted octanol–water partition coefficient (Wildman–Crippen LogP) is 15.5. The van der Waals surface area contributed by atoms with Crippen LogP contribution in [0.3, 0.4) is 0 Å². The summed E-state index contributed by atoms with van der Waals surface area (Å²) in [7, 11) is 0. The molecule has 0 aliphatic carbocycles. The van der Waals surface area contributed by atoms with E-state index in [-0.39, 0.29) is 0 Å². The molecule has 0 aromatic heterocycles. The average Bonchev–Trinajstić information content (AvgIpc) is 3.28. The minimum atomic E-state index is 0.860. The molecule has 0 radical (unpaired) electrons. The normalized spacial score (nSPS) is 11.6. The van der Waals surface area contributed by atoms with Crippen LogP contribution in [0, 0.1) is 0 Å². The summed E-state index contributed by atoms with van der Waals surface area (Å²) >= 11 is 0. The molecule has 3 heteroatoms. The van der Waals surface area contributed by atoms with E-state index in [2.05, 4.69) is 228 Å². The van der Waals surface area contributed by atoms with Gasteiger partial charge in [-0.2, -0.15) is 0 Å². The third kappa shape index (κ3) is 5.68. The van der Waals surface area contributed by atoms with E-state index in [1.165, 1.54) is 33.0 Å². The Balaban J connectivity index is 1.08. The second-order valence-electron chi connectivity index (χ2n) is 14.5. The van der Waals surface area contributed by atoms with Crippen molar-refractivity contribution < 1.29 is 4.74 Å². The van der Waals surface area contributed by atoms with Crippen LogP contribution in [0.1, 0.15) is 0 Å². The topological polar surface area (TPSA) is 15.7 Å². The van der Waals surface area contributed by atoms with Gasteiger partial charge in [-0.3, -0.25) is 0 Å². The molecule has 0 unspecified atom stereocenters. The number of nitrogens with zero attached hydrogens (tertiary/aromatic N) is 2. The van der Waals surface area contributed by atoms with Gasteiger partial charge in [0.25, 0.3) is 0 Å². The second-order valence-corrected chi connectivity index (χ2v) is 14.5. The summed E-state index contributed by atoms with van der Waals surface area (Å²) < 4.78 is 6.99. The van der Waals surface area contributed by atoms with Gasteiger partial charge >= 0.3 is 0 Å². The molecule has 0 bridgehead atoms. The largest absolute Gasteiger partial charge is 0.456 e. The SMILES string of the molecule is c1ccc(-c2ccc(N(c3ccccc3)c3cc4c5c(ccc6cc(N(c7ccccc7)c7ccc(-c8ccccc8)cc7)c7cccc(c7c65)O4)c3)cc2)cc1. The lowest BCUT2D eigenvalue weighted by Crippen LogP contribution is -2.11. The van der Waals surface area contributed by atoms with Crippen molar-refractivity contribution in [2.24, 2.45) is 0 Å². The lowest BCUT2D eigenvalue weighted by molar-refractivity contribution is 0.493. The second kappa shape index (κ2) is 13.6. The van der Waals surface area contributed by atoms with Crippen LogP contribution in [0.4, 0.5) is 34.1 Å². The van der Waals surface area contributed by atoms with Crippen molar-refractivity contribution in [2.75, 3.05) is 9.80 Å². The van der Waals surface area contributed by atoms with Crippen LogP contribution in [0.5, 0.6) is 11.5 Å². The number of benzene rings is 10. The molecule has 0 amide bonds. The summed E-state index contributed by atoms with van der Waals surface area (Å²) in [5.41, 5.74) is 11.3. The van der Waals surface area contributed by atoms with E-state index in [9.17, 15) is 0 Å². The first-order valence-corrected chi connectivity index (χ1v) is 19.4. The molecule has 10 aromatic rings. The Hall–Kier alpha value is -7.62. The van der Waals surface area contributed by atoms with E-state index < -0.39 is 0 Å². The van der Waals surface area contributed by atoms with Gasteiger partial charge < -0.3 is 14.5 Å². The summed E-state index contributed by atoms with van der Waals surface area (Å²) in [6, 6.07) is 77.9. The Bertz CT molecular complexity index is 3060. The zero-order valence-corrected chi connectivity index (χ0v) is 31.1. The fourth-order valence-electron chi connectivity index (χ4n) is 8.54. The molecular weight excluding hydrogens is 693 g/mol. The maximum atomic E-state index is 6.99. The molecule has 1 aliphatic heterocycles. The van der Waals surface area contributed by atoms with E-state index in [4.69, 9.17) is 4.74 Å². The molecule has 57 heavy (non-hydrogen) atoms. The lowest BCUT2D eigenvalue weighted by Gasteiger charge is -2.30. The van der Waals surface area contributed by atoms with Gasteiger partial charge in [-0.15, -0.1) is 0 Å². The molecule has 0 saturated carbocycles. The number of hydrogen-bond acceptors (Lipinski definition) is 3. The Morgan fingerprint density at radius 3 is 1.33 bits per heavy atom. The van der Waals surface area contributed by atoms with Gasteiger partial charge in [-0.05, 0) is 99.8 Å². The summed E-state index contributed by atoms with van der Waals surface area (Å²) in [6.07, 6.45) is 0. The van der Waals surface area contributed by atoms with Gasteiger partial charge in [-0.1, -0.05) is 146 Å². The van der Waals surface area contributed by atoms with Crippen molar-refractivity contribution in [3.05, 3.63) is 218 Å². The molecule has 0 atom stereocenters. The van der Waals surface area contributed by atoms with Crippen LogP contribution in [-0.4, -0.2) is 0 Å². The highest BCUT2D eigenvalue weighted by Crippen LogP contribution is 2.53. The highest BCUT2D eigenvalue weighted by Gasteiger charge is 2.26. The molecule has 0 saturated heterocycles. The Labute approximate surface area is 331 Å². The smallest absolute Gasteiger partial charge is 0.138 e. The van der Waals surface area contributed by atoms with Crippen molar-refractivity contribution in [2.45, 2.75) is 0 Å². The van der Waals surface area contributed by atoms with Crippen LogP contribution in [0.2, 0.25) is 0 Å². The first-order valence-electron chi connectivity index (χ1n) is 19.4. The third-order valence-electron chi connectivity index (χ3n) is 11.2. The highest BCUT2D eigenvalue weighted by atomic mass is 16.5. The molecule has 1 aliphatic rings. The fourth-order valence-corrected chi connectivity index (χ4v) is 8.54. The number of rotatable bonds is 8. The van der Waals surface area contributed by atoms with Crippen molar-refractivity contribution >= 4 is 66.4 Å². The maximum Gasteiger partial charge on any atom is 0.138 e. The average molecular weight is 729 g/mol. The molecular formula is C54H36N2O. The molecule has 268 valence electrons. The number of anilines is 6. The monoisotopic (exact) mass is 728 g/mol. The van der Waals surface area contributed by atoms with Crippen molar-refractivity contribution in [1.82, 2.24) is 0 Å². The Morgan fingerprint density at radius 2 is 0.754 bits per heavy atom. The maximum absolute atomic E-state index is 6.99. The molecule has 0 spiro atoms. The quantitative estimate of drug-likeness (QED) is 0.145. The number of para-hydroxylation sites is 2. The van der Waals surface area contributed by atoms with Crippen LogP contribution < -0.4 is 14.5 Å². The zero-order chi connectivity index (χ0) is 37.7. The van der Waals surface area contributed by atoms with Gasteiger partial charge in [0.2, 0.25) is 0 Å². The molecule has 11 rings (SSSR count). The van der Waals surface area contributed by atoms with Crippen LogP contribution >= 0.6 is 0 Å². The Kier molecular flexibility index (Phi) is 7.82. The summed E-state index contributed by atoms with van der Waals surface area (Å²) in [5, 5.41) is 6.94. The first kappa shape index (κ1) is 32.8. The van der Waals surface area contributed by atoms with E-state index in [0.717, 1.165) is 67.2 Å². The lowest BCUT2D eigenvalue weighted by atomic mass is 9.91. The van der Waals surface area contributed by atoms with E-state index in [0.29, 0.717) is 0 Å². The molecule has 0 fully saturated rings. The standard InChI is InChI=1S/C54H36N2O/c1-5-14-37(15-6-1)39-26-30-45(31-27-39)55(43-18-9-3-10-19-43)47-34-41-24-25-42-35-49(48-22-13-23-50-54(48)53(42)52(41)51(36-47)57-50)56(44-20-11-4-12-21-44)46-32-28-40(29-33-46)38-16-7-2-8-17-38/h1-36H. The fraction of sp³-hybridized carbons (Fsp3) is 0. The van der Waals surface area contributed by atoms with Gasteiger partial charge in [0.05, 0.1) is 11.4 Å². The summed E-state index contributed by atoms with van der Waals surface area (Å²) in [4.78, 5) is 4.69. The third-order valence-corrected chi connectivity index (χ3v) is 11.2. The number of hydrogen-bond donors (Lipinski definition) is 0. The number of ether oxygens (including phenoxy) is 1. The summed E-state index contributed by atoms with van der Waals surface area (Å²) in [5.74, 6) is 1.72. The van der Waals surface area contributed by atoms with Crippen molar-refractivity contribution in [3.63, 3.8) is 0 Å². The van der Waals surface area contributed by atoms with Gasteiger partial charge in [0.15, 0.2) is 0 Å². The molecule has 10 aromatic carbocycles. The van der Waals surface area contributed by atoms with Crippen LogP contribution in [0.25, 0.3) is 54.6 Å². The highest BCUT2D eigenvalue weighted by molar-refractivity contribution is 6.28. The van der Waals surface area contributed by atoms with Gasteiger partial charge in [-0.25, -0.2) is 0 Å². The minimum Gasteiger partial charge on any atom is -0.456 e. The van der Waals surface area contributed by atoms with Gasteiger partial charge in [0, 0.05) is 50.4 Å². The van der Waals surface area contributed by atoms with Crippen molar-refractivity contribution in [3.8, 4) is 33.8 Å². The summed E-state index contributed by atoms with van der Waals surface area (Å²) in [6.45, 7) is 0. The molecule has 1 heterocycles. The van der Waals surface area contributed by atoms with E-state index in [1.54, 1.807) is 0 Å². The van der Waals surface area contributed by atoms with Gasteiger partial charge in [0.1, 0.15) is 11.5 Å². The van der Waals surface area contributed by atoms with E-state index in [1.807, 2.05) is 0 Å². The molecule has 3 nitrogen and oxygen atoms in total. The minimum absolute atomic E-state index is 0.860. The zero-order valence-electron chi connectivity index (χ0n) is 31.1. The van der Waals surface area contributed by atoms with Crippen LogP contribution in [0.15, 0.2) is 218 Å². The Morgan fingerprint density at radius 1 is 0.281 bits per heavy atom.